The highest BCUT2D eigenvalue weighted by Crippen LogP contribution is 2.22. The van der Waals surface area contributed by atoms with Crippen molar-refractivity contribution in [2.75, 3.05) is 5.32 Å². The van der Waals surface area contributed by atoms with Crippen molar-refractivity contribution in [1.29, 1.82) is 0 Å². The van der Waals surface area contributed by atoms with Crippen LogP contribution in [0.25, 0.3) is 11.0 Å². The molecule has 4 nitrogen and oxygen atoms in total. The Morgan fingerprint density at radius 1 is 1.10 bits per heavy atom. The molecule has 0 radical (unpaired) electrons. The number of nitrogens with one attached hydrogen (secondary N) is 1. The van der Waals surface area contributed by atoms with Crippen molar-refractivity contribution in [3.63, 3.8) is 0 Å². The van der Waals surface area contributed by atoms with Crippen molar-refractivity contribution in [3.05, 3.63) is 59.7 Å². The third kappa shape index (κ3) is 2.11. The minimum Gasteiger partial charge on any atom is -0.354 e. The Kier molecular flexibility index (Phi) is 2.90. The van der Waals surface area contributed by atoms with Crippen LogP contribution in [0.1, 0.15) is 10.4 Å². The van der Waals surface area contributed by atoms with Crippen molar-refractivity contribution >= 4 is 22.7 Å². The number of halogens is 2. The molecule has 100 valence electrons. The molecule has 1 heterocycles. The molecule has 0 unspecified atom stereocenters. The van der Waals surface area contributed by atoms with E-state index < -0.39 is 17.5 Å². The molecule has 3 aromatic rings. The van der Waals surface area contributed by atoms with Crippen LogP contribution in [0.2, 0.25) is 0 Å². The first-order valence-electron chi connectivity index (χ1n) is 5.76. The summed E-state index contributed by atoms with van der Waals surface area (Å²) in [4.78, 5) is 11.9. The van der Waals surface area contributed by atoms with Gasteiger partial charge in [0.25, 0.3) is 5.91 Å². The molecule has 0 aliphatic carbocycles. The zero-order chi connectivity index (χ0) is 14.1. The van der Waals surface area contributed by atoms with E-state index in [9.17, 15) is 13.6 Å². The number of carbonyl (C=O) groups is 1. The van der Waals surface area contributed by atoms with Gasteiger partial charge in [0.2, 0.25) is 0 Å². The summed E-state index contributed by atoms with van der Waals surface area (Å²) in [5, 5.41) is 6.85. The fourth-order valence-corrected chi connectivity index (χ4v) is 1.79. The highest BCUT2D eigenvalue weighted by molar-refractivity contribution is 6.07. The SMILES string of the molecule is O=C(Nc1noc2ccccc12)c1ccc(F)c(F)c1. The molecule has 0 fully saturated rings. The third-order valence-corrected chi connectivity index (χ3v) is 2.79. The van der Waals surface area contributed by atoms with Crippen molar-refractivity contribution in [1.82, 2.24) is 5.16 Å². The largest absolute Gasteiger partial charge is 0.354 e. The van der Waals surface area contributed by atoms with Gasteiger partial charge in [-0.2, -0.15) is 0 Å². The number of amides is 1. The number of nitrogens with zero attached hydrogens (tertiary/aromatic N) is 1. The van der Waals surface area contributed by atoms with Gasteiger partial charge in [-0.05, 0) is 30.3 Å². The summed E-state index contributed by atoms with van der Waals surface area (Å²) in [6.45, 7) is 0. The number of aromatic nitrogens is 1. The van der Waals surface area contributed by atoms with Crippen LogP contribution in [0.3, 0.4) is 0 Å². The number of carbonyl (C=O) groups excluding carboxylic acids is 1. The fourth-order valence-electron chi connectivity index (χ4n) is 1.79. The van der Waals surface area contributed by atoms with Crippen LogP contribution in [0.5, 0.6) is 0 Å². The van der Waals surface area contributed by atoms with Crippen LogP contribution in [-0.2, 0) is 0 Å². The standard InChI is InChI=1S/C14H8F2N2O2/c15-10-6-5-8(7-11(10)16)14(19)17-13-9-3-1-2-4-12(9)20-18-13/h1-7H,(H,17,18,19). The summed E-state index contributed by atoms with van der Waals surface area (Å²) in [5.41, 5.74) is 0.518. The minimum absolute atomic E-state index is 0.00372. The average molecular weight is 274 g/mol. The lowest BCUT2D eigenvalue weighted by Gasteiger charge is -2.02. The number of benzene rings is 2. The number of para-hydroxylation sites is 1. The predicted molar refractivity (Wildman–Crippen MR) is 68.3 cm³/mol. The van der Waals surface area contributed by atoms with Gasteiger partial charge in [0.05, 0.1) is 5.39 Å². The van der Waals surface area contributed by atoms with E-state index in [1.807, 2.05) is 0 Å². The number of fused-ring (bicyclic) bond motifs is 1. The molecular formula is C14H8F2N2O2. The Bertz CT molecular complexity index is 799. The molecule has 1 N–H and O–H groups in total. The second-order valence-corrected chi connectivity index (χ2v) is 4.11. The zero-order valence-electron chi connectivity index (χ0n) is 10.1. The Morgan fingerprint density at radius 3 is 2.70 bits per heavy atom. The average Bonchev–Trinajstić information content (AvgIpc) is 2.85. The molecule has 6 heteroatoms. The lowest BCUT2D eigenvalue weighted by molar-refractivity contribution is 0.102. The van der Waals surface area contributed by atoms with Crippen molar-refractivity contribution < 1.29 is 18.1 Å². The molecule has 0 aliphatic heterocycles. The van der Waals surface area contributed by atoms with Gasteiger partial charge in [-0.15, -0.1) is 0 Å². The minimum atomic E-state index is -1.08. The Labute approximate surface area is 112 Å². The van der Waals surface area contributed by atoms with Gasteiger partial charge in [0, 0.05) is 5.56 Å². The van der Waals surface area contributed by atoms with E-state index in [0.717, 1.165) is 12.1 Å². The Hall–Kier alpha value is -2.76. The molecule has 20 heavy (non-hydrogen) atoms. The third-order valence-electron chi connectivity index (χ3n) is 2.79. The van der Waals surface area contributed by atoms with Crippen molar-refractivity contribution in [3.8, 4) is 0 Å². The normalized spacial score (nSPS) is 10.7. The molecule has 3 rings (SSSR count). The Morgan fingerprint density at radius 2 is 1.90 bits per heavy atom. The van der Waals surface area contributed by atoms with Crippen LogP contribution in [0.15, 0.2) is 47.0 Å². The Balaban J connectivity index is 1.90. The maximum absolute atomic E-state index is 13.1. The molecule has 1 amide bonds. The molecule has 0 saturated carbocycles. The van der Waals surface area contributed by atoms with Crippen LogP contribution < -0.4 is 5.32 Å². The summed E-state index contributed by atoms with van der Waals surface area (Å²) < 4.78 is 30.9. The monoisotopic (exact) mass is 274 g/mol. The summed E-state index contributed by atoms with van der Waals surface area (Å²) >= 11 is 0. The highest BCUT2D eigenvalue weighted by Gasteiger charge is 2.14. The van der Waals surface area contributed by atoms with E-state index in [0.29, 0.717) is 11.0 Å². The van der Waals surface area contributed by atoms with Crippen LogP contribution in [-0.4, -0.2) is 11.1 Å². The fraction of sp³-hybridized carbons (Fsp3) is 0. The summed E-state index contributed by atoms with van der Waals surface area (Å²) in [7, 11) is 0. The van der Waals surface area contributed by atoms with E-state index in [2.05, 4.69) is 10.5 Å². The lowest BCUT2D eigenvalue weighted by atomic mass is 10.2. The van der Waals surface area contributed by atoms with Crippen molar-refractivity contribution in [2.24, 2.45) is 0 Å². The number of anilines is 1. The maximum atomic E-state index is 13.1. The van der Waals surface area contributed by atoms with Gasteiger partial charge in [-0.1, -0.05) is 17.3 Å². The molecule has 2 aromatic carbocycles. The summed E-state index contributed by atoms with van der Waals surface area (Å²) in [6, 6.07) is 9.89. The molecule has 0 spiro atoms. The topological polar surface area (TPSA) is 55.1 Å². The first-order valence-corrected chi connectivity index (χ1v) is 5.76. The smallest absolute Gasteiger partial charge is 0.257 e. The van der Waals surface area contributed by atoms with Crippen LogP contribution in [0, 0.1) is 11.6 Å². The second-order valence-electron chi connectivity index (χ2n) is 4.11. The number of hydrogen-bond donors (Lipinski definition) is 1. The molecule has 0 atom stereocenters. The number of rotatable bonds is 2. The van der Waals surface area contributed by atoms with Crippen LogP contribution in [0.4, 0.5) is 14.6 Å². The van der Waals surface area contributed by atoms with Crippen LogP contribution >= 0.6 is 0 Å². The molecule has 1 aromatic heterocycles. The van der Waals surface area contributed by atoms with E-state index in [-0.39, 0.29) is 11.4 Å². The summed E-state index contributed by atoms with van der Waals surface area (Å²) in [5.74, 6) is -2.45. The summed E-state index contributed by atoms with van der Waals surface area (Å²) in [6.07, 6.45) is 0. The van der Waals surface area contributed by atoms with Gasteiger partial charge >= 0.3 is 0 Å². The predicted octanol–water partition coefficient (Wildman–Crippen LogP) is 3.36. The first kappa shape index (κ1) is 12.3. The van der Waals surface area contributed by atoms with E-state index in [4.69, 9.17) is 4.52 Å². The maximum Gasteiger partial charge on any atom is 0.257 e. The van der Waals surface area contributed by atoms with E-state index >= 15 is 0 Å². The molecular weight excluding hydrogens is 266 g/mol. The number of hydrogen-bond acceptors (Lipinski definition) is 3. The molecule has 0 bridgehead atoms. The first-order chi connectivity index (χ1) is 9.65. The molecule has 0 saturated heterocycles. The highest BCUT2D eigenvalue weighted by atomic mass is 19.2. The van der Waals surface area contributed by atoms with Gasteiger partial charge in [-0.3, -0.25) is 4.79 Å². The van der Waals surface area contributed by atoms with Gasteiger partial charge < -0.3 is 9.84 Å². The zero-order valence-corrected chi connectivity index (χ0v) is 10.1. The second kappa shape index (κ2) is 4.73. The van der Waals surface area contributed by atoms with Crippen molar-refractivity contribution in [2.45, 2.75) is 0 Å². The van der Waals surface area contributed by atoms with E-state index in [1.54, 1.807) is 24.3 Å². The van der Waals surface area contributed by atoms with Gasteiger partial charge in [0.15, 0.2) is 23.0 Å². The van der Waals surface area contributed by atoms with Gasteiger partial charge in [0.1, 0.15) is 0 Å². The molecule has 0 aliphatic rings. The van der Waals surface area contributed by atoms with E-state index in [1.165, 1.54) is 6.07 Å². The lowest BCUT2D eigenvalue weighted by Crippen LogP contribution is -2.12. The van der Waals surface area contributed by atoms with Gasteiger partial charge in [-0.25, -0.2) is 8.78 Å². The quantitative estimate of drug-likeness (QED) is 0.779.